The van der Waals surface area contributed by atoms with Crippen molar-refractivity contribution < 1.29 is 23.8 Å². The first kappa shape index (κ1) is 17.0. The van der Waals surface area contributed by atoms with Gasteiger partial charge in [0.1, 0.15) is 0 Å². The molecule has 5 heteroatoms. The van der Waals surface area contributed by atoms with Gasteiger partial charge in [0.2, 0.25) is 0 Å². The standard InChI is InChI=1S/C16H22O5/c1-4-5-11-21-15(18)10-9-13(17)12-7-6-8-14(19-2)16(12)20-3/h6-8H,4-5,9-11H2,1-3H3. The molecule has 0 unspecified atom stereocenters. The van der Waals surface area contributed by atoms with Crippen LogP contribution in [0.15, 0.2) is 18.2 Å². The molecule has 0 aliphatic carbocycles. The van der Waals surface area contributed by atoms with E-state index in [2.05, 4.69) is 0 Å². The van der Waals surface area contributed by atoms with Gasteiger partial charge in [-0.15, -0.1) is 0 Å². The van der Waals surface area contributed by atoms with Crippen LogP contribution in [0.25, 0.3) is 0 Å². The number of para-hydroxylation sites is 1. The van der Waals surface area contributed by atoms with Gasteiger partial charge >= 0.3 is 5.97 Å². The van der Waals surface area contributed by atoms with E-state index in [9.17, 15) is 9.59 Å². The molecule has 0 aliphatic rings. The van der Waals surface area contributed by atoms with Gasteiger partial charge < -0.3 is 14.2 Å². The largest absolute Gasteiger partial charge is 0.493 e. The van der Waals surface area contributed by atoms with Gasteiger partial charge in [-0.2, -0.15) is 0 Å². The number of methoxy groups -OCH3 is 2. The van der Waals surface area contributed by atoms with Crippen LogP contribution in [0.4, 0.5) is 0 Å². The summed E-state index contributed by atoms with van der Waals surface area (Å²) in [6.45, 7) is 2.43. The summed E-state index contributed by atoms with van der Waals surface area (Å²) >= 11 is 0. The Morgan fingerprint density at radius 1 is 1.10 bits per heavy atom. The van der Waals surface area contributed by atoms with Gasteiger partial charge in [-0.25, -0.2) is 0 Å². The van der Waals surface area contributed by atoms with Crippen LogP contribution in [-0.2, 0) is 9.53 Å². The smallest absolute Gasteiger partial charge is 0.306 e. The third-order valence-corrected chi connectivity index (χ3v) is 3.02. The maximum absolute atomic E-state index is 12.2. The van der Waals surface area contributed by atoms with Crippen molar-refractivity contribution in [2.75, 3.05) is 20.8 Å². The quantitative estimate of drug-likeness (QED) is 0.398. The summed E-state index contributed by atoms with van der Waals surface area (Å²) in [6, 6.07) is 5.09. The lowest BCUT2D eigenvalue weighted by Gasteiger charge is -2.11. The van der Waals surface area contributed by atoms with Crippen LogP contribution in [0.3, 0.4) is 0 Å². The first-order valence-corrected chi connectivity index (χ1v) is 7.03. The number of carbonyl (C=O) groups excluding carboxylic acids is 2. The molecule has 0 radical (unpaired) electrons. The van der Waals surface area contributed by atoms with Gasteiger partial charge in [0.15, 0.2) is 17.3 Å². The summed E-state index contributed by atoms with van der Waals surface area (Å²) < 4.78 is 15.4. The summed E-state index contributed by atoms with van der Waals surface area (Å²) in [7, 11) is 2.99. The van der Waals surface area contributed by atoms with Crippen molar-refractivity contribution in [2.24, 2.45) is 0 Å². The number of unbranched alkanes of at least 4 members (excludes halogenated alkanes) is 1. The van der Waals surface area contributed by atoms with Gasteiger partial charge in [0.25, 0.3) is 0 Å². The topological polar surface area (TPSA) is 61.8 Å². The number of carbonyl (C=O) groups is 2. The lowest BCUT2D eigenvalue weighted by molar-refractivity contribution is -0.143. The Bertz CT molecular complexity index is 482. The lowest BCUT2D eigenvalue weighted by Crippen LogP contribution is -2.10. The van der Waals surface area contributed by atoms with Gasteiger partial charge in [0.05, 0.1) is 32.8 Å². The van der Waals surface area contributed by atoms with Crippen molar-refractivity contribution in [2.45, 2.75) is 32.6 Å². The van der Waals surface area contributed by atoms with Gasteiger partial charge in [-0.1, -0.05) is 19.4 Å². The van der Waals surface area contributed by atoms with Crippen LogP contribution < -0.4 is 9.47 Å². The van der Waals surface area contributed by atoms with Gasteiger partial charge in [-0.3, -0.25) is 9.59 Å². The zero-order valence-corrected chi connectivity index (χ0v) is 12.8. The second-order valence-electron chi connectivity index (χ2n) is 4.54. The highest BCUT2D eigenvalue weighted by Gasteiger charge is 2.17. The average molecular weight is 294 g/mol. The van der Waals surface area contributed by atoms with E-state index >= 15 is 0 Å². The van der Waals surface area contributed by atoms with E-state index in [1.807, 2.05) is 6.92 Å². The molecule has 0 atom stereocenters. The van der Waals surface area contributed by atoms with Gasteiger partial charge in [0, 0.05) is 6.42 Å². The van der Waals surface area contributed by atoms with Crippen LogP contribution in [0.1, 0.15) is 43.0 Å². The highest BCUT2D eigenvalue weighted by Crippen LogP contribution is 2.31. The van der Waals surface area contributed by atoms with E-state index < -0.39 is 0 Å². The molecule has 1 rings (SSSR count). The number of Topliss-reactive ketones (excluding diaryl/α,β-unsaturated/α-hetero) is 1. The van der Waals surface area contributed by atoms with Crippen LogP contribution in [0.5, 0.6) is 11.5 Å². The number of esters is 1. The molecule has 0 spiro atoms. The molecule has 0 amide bonds. The monoisotopic (exact) mass is 294 g/mol. The van der Waals surface area contributed by atoms with Crippen molar-refractivity contribution in [3.8, 4) is 11.5 Å². The number of ether oxygens (including phenoxy) is 3. The fourth-order valence-corrected chi connectivity index (χ4v) is 1.86. The molecule has 1 aromatic rings. The third kappa shape index (κ3) is 5.10. The molecule has 1 aromatic carbocycles. The molecule has 0 bridgehead atoms. The van der Waals surface area contributed by atoms with Crippen molar-refractivity contribution in [1.82, 2.24) is 0 Å². The third-order valence-electron chi connectivity index (χ3n) is 3.02. The van der Waals surface area contributed by atoms with E-state index in [1.165, 1.54) is 14.2 Å². The predicted octanol–water partition coefficient (Wildman–Crippen LogP) is 3.01. The molecule has 0 heterocycles. The molecule has 21 heavy (non-hydrogen) atoms. The van der Waals surface area contributed by atoms with E-state index in [1.54, 1.807) is 18.2 Å². The number of hydrogen-bond acceptors (Lipinski definition) is 5. The van der Waals surface area contributed by atoms with Crippen molar-refractivity contribution in [1.29, 1.82) is 0 Å². The maximum Gasteiger partial charge on any atom is 0.306 e. The van der Waals surface area contributed by atoms with Crippen molar-refractivity contribution in [3.63, 3.8) is 0 Å². The minimum absolute atomic E-state index is 0.0723. The Hall–Kier alpha value is -2.04. The first-order valence-electron chi connectivity index (χ1n) is 7.03. The fraction of sp³-hybridized carbons (Fsp3) is 0.500. The molecule has 0 saturated heterocycles. The van der Waals surface area contributed by atoms with Gasteiger partial charge in [-0.05, 0) is 18.6 Å². The Morgan fingerprint density at radius 2 is 1.86 bits per heavy atom. The van der Waals surface area contributed by atoms with Crippen molar-refractivity contribution in [3.05, 3.63) is 23.8 Å². The number of ketones is 1. The summed E-state index contributed by atoms with van der Waals surface area (Å²) in [5.41, 5.74) is 0.415. The second-order valence-corrected chi connectivity index (χ2v) is 4.54. The minimum atomic E-state index is -0.348. The van der Waals surface area contributed by atoms with E-state index in [-0.39, 0.29) is 24.6 Å². The summed E-state index contributed by atoms with van der Waals surface area (Å²) in [5, 5.41) is 0. The second kappa shape index (κ2) is 9.00. The Morgan fingerprint density at radius 3 is 2.48 bits per heavy atom. The zero-order valence-electron chi connectivity index (χ0n) is 12.8. The summed E-state index contributed by atoms with van der Waals surface area (Å²) in [4.78, 5) is 23.7. The summed E-state index contributed by atoms with van der Waals surface area (Å²) in [5.74, 6) is 0.370. The molecule has 0 aliphatic heterocycles. The summed E-state index contributed by atoms with van der Waals surface area (Å²) in [6.07, 6.45) is 1.97. The van der Waals surface area contributed by atoms with E-state index in [0.29, 0.717) is 23.7 Å². The highest BCUT2D eigenvalue weighted by molar-refractivity contribution is 6.00. The van der Waals surface area contributed by atoms with Crippen molar-refractivity contribution >= 4 is 11.8 Å². The maximum atomic E-state index is 12.2. The van der Waals surface area contributed by atoms with Crippen LogP contribution in [0, 0.1) is 0 Å². The first-order chi connectivity index (χ1) is 10.1. The number of rotatable bonds is 9. The van der Waals surface area contributed by atoms with Crippen LogP contribution >= 0.6 is 0 Å². The SMILES string of the molecule is CCCCOC(=O)CCC(=O)c1cccc(OC)c1OC. The Labute approximate surface area is 125 Å². The van der Waals surface area contributed by atoms with Crippen LogP contribution in [-0.4, -0.2) is 32.6 Å². The average Bonchev–Trinajstić information content (AvgIpc) is 2.51. The number of hydrogen-bond donors (Lipinski definition) is 0. The molecule has 0 fully saturated rings. The minimum Gasteiger partial charge on any atom is -0.493 e. The molecule has 0 N–H and O–H groups in total. The fourth-order valence-electron chi connectivity index (χ4n) is 1.86. The zero-order chi connectivity index (χ0) is 15.7. The van der Waals surface area contributed by atoms with E-state index in [4.69, 9.17) is 14.2 Å². The molecule has 116 valence electrons. The molecular formula is C16H22O5. The Kier molecular flexibility index (Phi) is 7.29. The highest BCUT2D eigenvalue weighted by atomic mass is 16.5. The molecule has 0 aromatic heterocycles. The Balaban J connectivity index is 2.62. The molecule has 5 nitrogen and oxygen atoms in total. The molecule has 0 saturated carbocycles. The lowest BCUT2D eigenvalue weighted by atomic mass is 10.0. The predicted molar refractivity (Wildman–Crippen MR) is 79.0 cm³/mol. The molecular weight excluding hydrogens is 272 g/mol. The van der Waals surface area contributed by atoms with Crippen LogP contribution in [0.2, 0.25) is 0 Å². The normalized spacial score (nSPS) is 10.0. The van der Waals surface area contributed by atoms with E-state index in [0.717, 1.165) is 12.8 Å². The number of benzene rings is 1.